The lowest BCUT2D eigenvalue weighted by molar-refractivity contribution is 0.387. The molecule has 7 rings (SSSR count). The maximum atomic E-state index is 6.11. The van der Waals surface area contributed by atoms with Crippen LogP contribution in [0.15, 0.2) is 79.3 Å². The van der Waals surface area contributed by atoms with E-state index < -0.39 is 0 Å². The minimum atomic E-state index is 0.570. The molecule has 2 N–H and O–H groups in total. The van der Waals surface area contributed by atoms with Crippen molar-refractivity contribution in [3.8, 4) is 28.3 Å². The summed E-state index contributed by atoms with van der Waals surface area (Å²) in [5.41, 5.74) is 8.20. The zero-order chi connectivity index (χ0) is 26.2. The number of ether oxygens (including phenoxy) is 1. The van der Waals surface area contributed by atoms with Crippen LogP contribution in [0.1, 0.15) is 31.2 Å². The second-order valence-corrected chi connectivity index (χ2v) is 9.49. The maximum absolute atomic E-state index is 6.11. The number of allylic oxidation sites excluding steroid dienone is 2. The van der Waals surface area contributed by atoms with Gasteiger partial charge in [0.1, 0.15) is 11.5 Å². The van der Waals surface area contributed by atoms with Crippen molar-refractivity contribution in [1.82, 2.24) is 34.8 Å². The van der Waals surface area contributed by atoms with Crippen LogP contribution < -0.4 is 10.1 Å². The van der Waals surface area contributed by atoms with E-state index in [9.17, 15) is 0 Å². The summed E-state index contributed by atoms with van der Waals surface area (Å²) in [5.74, 6) is 1.84. The fourth-order valence-corrected chi connectivity index (χ4v) is 5.29. The van der Waals surface area contributed by atoms with Gasteiger partial charge in [0.25, 0.3) is 0 Å². The Morgan fingerprint density at radius 3 is 2.56 bits per heavy atom. The number of aromatic amines is 1. The highest BCUT2D eigenvalue weighted by molar-refractivity contribution is 5.93. The van der Waals surface area contributed by atoms with Crippen LogP contribution in [0.4, 0.5) is 11.6 Å². The van der Waals surface area contributed by atoms with Crippen molar-refractivity contribution in [2.75, 3.05) is 12.4 Å². The minimum Gasteiger partial charge on any atom is -0.480 e. The second kappa shape index (κ2) is 9.68. The SMILES string of the molecule is COc1c(-c2ccc3nccnc3c2)c(Nc2cc[nH]n2)nc2c(C3=CCCCC3)c(-c3ccccc3)nn12. The van der Waals surface area contributed by atoms with E-state index in [1.165, 1.54) is 12.0 Å². The molecule has 0 saturated heterocycles. The molecule has 1 aliphatic rings. The third-order valence-electron chi connectivity index (χ3n) is 7.08. The number of fused-ring (bicyclic) bond motifs is 2. The van der Waals surface area contributed by atoms with Crippen molar-refractivity contribution in [3.63, 3.8) is 0 Å². The van der Waals surface area contributed by atoms with Gasteiger partial charge in [-0.05, 0) is 49.0 Å². The molecule has 6 aromatic rings. The molecule has 0 unspecified atom stereocenters. The largest absolute Gasteiger partial charge is 0.480 e. The summed E-state index contributed by atoms with van der Waals surface area (Å²) < 4.78 is 7.95. The van der Waals surface area contributed by atoms with Gasteiger partial charge in [-0.1, -0.05) is 42.5 Å². The van der Waals surface area contributed by atoms with Gasteiger partial charge in [0.2, 0.25) is 5.88 Å². The molecule has 4 aromatic heterocycles. The number of nitrogens with one attached hydrogen (secondary N) is 2. The summed E-state index contributed by atoms with van der Waals surface area (Å²) in [7, 11) is 1.67. The zero-order valence-electron chi connectivity index (χ0n) is 21.4. The number of nitrogens with zero attached hydrogens (tertiary/aromatic N) is 6. The molecule has 0 fully saturated rings. The van der Waals surface area contributed by atoms with Gasteiger partial charge in [0, 0.05) is 30.2 Å². The summed E-state index contributed by atoms with van der Waals surface area (Å²) in [4.78, 5) is 14.2. The molecular formula is C30H26N8O. The Bertz CT molecular complexity index is 1820. The van der Waals surface area contributed by atoms with E-state index in [1.54, 1.807) is 25.7 Å². The van der Waals surface area contributed by atoms with Crippen LogP contribution in [0.2, 0.25) is 0 Å². The molecule has 2 aromatic carbocycles. The minimum absolute atomic E-state index is 0.570. The number of rotatable bonds is 6. The van der Waals surface area contributed by atoms with Gasteiger partial charge in [0.05, 0.1) is 29.3 Å². The average Bonchev–Trinajstić information content (AvgIpc) is 3.65. The molecule has 0 amide bonds. The van der Waals surface area contributed by atoms with Gasteiger partial charge in [-0.3, -0.25) is 15.1 Å². The predicted octanol–water partition coefficient (Wildman–Crippen LogP) is 6.44. The third kappa shape index (κ3) is 4.08. The van der Waals surface area contributed by atoms with Crippen molar-refractivity contribution >= 4 is 33.9 Å². The first kappa shape index (κ1) is 23.1. The molecule has 0 saturated carbocycles. The highest BCUT2D eigenvalue weighted by Crippen LogP contribution is 2.43. The Kier molecular flexibility index (Phi) is 5.73. The van der Waals surface area contributed by atoms with Crippen molar-refractivity contribution < 1.29 is 4.74 Å². The van der Waals surface area contributed by atoms with Gasteiger partial charge >= 0.3 is 0 Å². The number of aromatic nitrogens is 7. The Labute approximate surface area is 224 Å². The standard InChI is InChI=1S/C30H26N8O/c1-39-30-26(21-12-13-22-23(18-21)32-17-16-31-22)28(34-24-14-15-33-36-24)35-29-25(19-8-4-2-5-9-19)27(37-38(29)30)20-10-6-3-7-11-20/h3,6-8,10-18H,2,4-5,9H2,1H3,(H2,33,34,35,36). The zero-order valence-corrected chi connectivity index (χ0v) is 21.4. The number of anilines is 2. The van der Waals surface area contributed by atoms with Gasteiger partial charge < -0.3 is 10.1 Å². The molecule has 192 valence electrons. The number of H-pyrrole nitrogens is 1. The Morgan fingerprint density at radius 1 is 0.923 bits per heavy atom. The number of hydrogen-bond donors (Lipinski definition) is 2. The molecular weight excluding hydrogens is 488 g/mol. The number of benzene rings is 2. The van der Waals surface area contributed by atoms with Crippen LogP contribution in [0.25, 0.3) is 44.6 Å². The molecule has 0 bridgehead atoms. The summed E-state index contributed by atoms with van der Waals surface area (Å²) in [5, 5.41) is 15.7. The molecule has 1 aliphatic carbocycles. The van der Waals surface area contributed by atoms with Crippen LogP contribution >= 0.6 is 0 Å². The monoisotopic (exact) mass is 514 g/mol. The fraction of sp³-hybridized carbons (Fsp3) is 0.167. The first-order chi connectivity index (χ1) is 19.3. The van der Waals surface area contributed by atoms with Crippen LogP contribution in [0.5, 0.6) is 5.88 Å². The predicted molar refractivity (Wildman–Crippen MR) is 152 cm³/mol. The Balaban J connectivity index is 1.55. The second-order valence-electron chi connectivity index (χ2n) is 9.49. The van der Waals surface area contributed by atoms with Crippen molar-refractivity contribution in [2.24, 2.45) is 0 Å². The molecule has 4 heterocycles. The lowest BCUT2D eigenvalue weighted by atomic mass is 9.92. The van der Waals surface area contributed by atoms with Gasteiger partial charge in [0.15, 0.2) is 11.5 Å². The smallest absolute Gasteiger partial charge is 0.228 e. The molecule has 0 aliphatic heterocycles. The molecule has 0 atom stereocenters. The highest BCUT2D eigenvalue weighted by atomic mass is 16.5. The maximum Gasteiger partial charge on any atom is 0.228 e. The Hall–Kier alpha value is -5.05. The van der Waals surface area contributed by atoms with E-state index in [0.29, 0.717) is 17.5 Å². The lowest BCUT2D eigenvalue weighted by Crippen LogP contribution is -2.06. The number of methoxy groups -OCH3 is 1. The topological polar surface area (TPSA) is 106 Å². The summed E-state index contributed by atoms with van der Waals surface area (Å²) in [6, 6.07) is 18.1. The normalized spacial score (nSPS) is 13.5. The molecule has 0 spiro atoms. The van der Waals surface area contributed by atoms with E-state index in [4.69, 9.17) is 14.8 Å². The van der Waals surface area contributed by atoms with Crippen LogP contribution in [0.3, 0.4) is 0 Å². The van der Waals surface area contributed by atoms with Gasteiger partial charge in [-0.25, -0.2) is 4.98 Å². The molecule has 9 nitrogen and oxygen atoms in total. The van der Waals surface area contributed by atoms with Crippen LogP contribution in [-0.2, 0) is 0 Å². The first-order valence-corrected chi connectivity index (χ1v) is 13.0. The van der Waals surface area contributed by atoms with Gasteiger partial charge in [-0.2, -0.15) is 14.7 Å². The van der Waals surface area contributed by atoms with Crippen molar-refractivity contribution in [2.45, 2.75) is 25.7 Å². The van der Waals surface area contributed by atoms with E-state index in [0.717, 1.165) is 63.9 Å². The van der Waals surface area contributed by atoms with E-state index in [1.807, 2.05) is 47.0 Å². The fourth-order valence-electron chi connectivity index (χ4n) is 5.29. The van der Waals surface area contributed by atoms with Crippen molar-refractivity contribution in [1.29, 1.82) is 0 Å². The molecule has 39 heavy (non-hydrogen) atoms. The van der Waals surface area contributed by atoms with Gasteiger partial charge in [-0.15, -0.1) is 0 Å². The highest BCUT2D eigenvalue weighted by Gasteiger charge is 2.27. The number of hydrogen-bond acceptors (Lipinski definition) is 7. The first-order valence-electron chi connectivity index (χ1n) is 13.0. The Morgan fingerprint density at radius 2 is 1.79 bits per heavy atom. The lowest BCUT2D eigenvalue weighted by Gasteiger charge is -2.17. The van der Waals surface area contributed by atoms with Crippen LogP contribution in [0, 0.1) is 0 Å². The van der Waals surface area contributed by atoms with Crippen LogP contribution in [-0.4, -0.2) is 41.9 Å². The summed E-state index contributed by atoms with van der Waals surface area (Å²) in [6.45, 7) is 0. The van der Waals surface area contributed by atoms with E-state index in [-0.39, 0.29) is 0 Å². The quantitative estimate of drug-likeness (QED) is 0.263. The summed E-state index contributed by atoms with van der Waals surface area (Å²) in [6.07, 6.45) is 11.9. The summed E-state index contributed by atoms with van der Waals surface area (Å²) >= 11 is 0. The molecule has 9 heteroatoms. The molecule has 0 radical (unpaired) electrons. The third-order valence-corrected chi connectivity index (χ3v) is 7.08. The average molecular weight is 515 g/mol. The van der Waals surface area contributed by atoms with Crippen molar-refractivity contribution in [3.05, 3.63) is 84.8 Å². The van der Waals surface area contributed by atoms with E-state index >= 15 is 0 Å². The van der Waals surface area contributed by atoms with E-state index in [2.05, 4.69) is 43.7 Å².